The molecule has 0 radical (unpaired) electrons. The van der Waals surface area contributed by atoms with Crippen LogP contribution in [0.2, 0.25) is 0 Å². The third-order valence-electron chi connectivity index (χ3n) is 1.88. The average molecular weight is 338 g/mol. The standard InChI is InChI=1S/C10H4Br2F2O/c11-5-4-6(13)8(9(12)10(5)14)7-2-1-3-15-7/h1-4H. The number of hydrogen-bond donors (Lipinski definition) is 0. The van der Waals surface area contributed by atoms with Gasteiger partial charge >= 0.3 is 0 Å². The molecule has 1 nitrogen and oxygen atoms in total. The van der Waals surface area contributed by atoms with Crippen molar-refractivity contribution in [1.82, 2.24) is 0 Å². The molecule has 1 aromatic carbocycles. The minimum absolute atomic E-state index is 0.0457. The zero-order valence-electron chi connectivity index (χ0n) is 7.23. The van der Waals surface area contributed by atoms with Crippen molar-refractivity contribution in [3.63, 3.8) is 0 Å². The fraction of sp³-hybridized carbons (Fsp3) is 0. The van der Waals surface area contributed by atoms with E-state index in [4.69, 9.17) is 4.42 Å². The predicted molar refractivity (Wildman–Crippen MR) is 59.5 cm³/mol. The second-order valence-corrected chi connectivity index (χ2v) is 4.47. The Bertz CT molecular complexity index is 495. The van der Waals surface area contributed by atoms with Crippen LogP contribution in [-0.2, 0) is 0 Å². The average Bonchev–Trinajstić information content (AvgIpc) is 2.68. The molecule has 15 heavy (non-hydrogen) atoms. The van der Waals surface area contributed by atoms with Crippen LogP contribution >= 0.6 is 31.9 Å². The minimum atomic E-state index is -0.553. The lowest BCUT2D eigenvalue weighted by Gasteiger charge is -2.05. The van der Waals surface area contributed by atoms with Gasteiger partial charge in [0.1, 0.15) is 11.6 Å². The van der Waals surface area contributed by atoms with Crippen molar-refractivity contribution in [2.75, 3.05) is 0 Å². The predicted octanol–water partition coefficient (Wildman–Crippen LogP) is 4.75. The lowest BCUT2D eigenvalue weighted by molar-refractivity contribution is 0.559. The summed E-state index contributed by atoms with van der Waals surface area (Å²) in [5.74, 6) is -0.821. The molecule has 0 aliphatic carbocycles. The van der Waals surface area contributed by atoms with Gasteiger partial charge in [-0.3, -0.25) is 0 Å². The summed E-state index contributed by atoms with van der Waals surface area (Å²) in [5.41, 5.74) is 0.0840. The topological polar surface area (TPSA) is 13.1 Å². The molecular weight excluding hydrogens is 334 g/mol. The van der Waals surface area contributed by atoms with Crippen molar-refractivity contribution in [3.05, 3.63) is 45.0 Å². The van der Waals surface area contributed by atoms with Crippen molar-refractivity contribution in [1.29, 1.82) is 0 Å². The first kappa shape index (κ1) is 10.8. The second-order valence-electron chi connectivity index (χ2n) is 2.82. The maximum Gasteiger partial charge on any atom is 0.152 e. The normalized spacial score (nSPS) is 10.7. The third-order valence-corrected chi connectivity index (χ3v) is 3.20. The zero-order chi connectivity index (χ0) is 11.0. The molecule has 1 aromatic heterocycles. The Hall–Kier alpha value is -0.680. The summed E-state index contributed by atoms with van der Waals surface area (Å²) < 4.78 is 32.2. The third kappa shape index (κ3) is 1.86. The van der Waals surface area contributed by atoms with Gasteiger partial charge in [0.2, 0.25) is 0 Å². The number of hydrogen-bond acceptors (Lipinski definition) is 1. The Morgan fingerprint density at radius 3 is 2.53 bits per heavy atom. The molecule has 0 saturated carbocycles. The van der Waals surface area contributed by atoms with Crippen LogP contribution < -0.4 is 0 Å². The van der Waals surface area contributed by atoms with Crippen molar-refractivity contribution >= 4 is 31.9 Å². The van der Waals surface area contributed by atoms with Gasteiger partial charge in [0, 0.05) is 0 Å². The fourth-order valence-corrected chi connectivity index (χ4v) is 2.48. The lowest BCUT2D eigenvalue weighted by atomic mass is 10.1. The summed E-state index contributed by atoms with van der Waals surface area (Å²) in [6.45, 7) is 0. The highest BCUT2D eigenvalue weighted by Crippen LogP contribution is 2.36. The van der Waals surface area contributed by atoms with Crippen LogP contribution in [0, 0.1) is 11.6 Å². The molecule has 0 aliphatic rings. The van der Waals surface area contributed by atoms with E-state index >= 15 is 0 Å². The first-order valence-electron chi connectivity index (χ1n) is 3.98. The molecule has 0 aliphatic heterocycles. The van der Waals surface area contributed by atoms with Crippen molar-refractivity contribution in [2.45, 2.75) is 0 Å². The van der Waals surface area contributed by atoms with Crippen LogP contribution in [0.4, 0.5) is 8.78 Å². The molecule has 0 N–H and O–H groups in total. The first-order chi connectivity index (χ1) is 7.11. The van der Waals surface area contributed by atoms with Gasteiger partial charge in [-0.1, -0.05) is 0 Å². The van der Waals surface area contributed by atoms with Crippen LogP contribution in [0.1, 0.15) is 0 Å². The molecule has 0 spiro atoms. The SMILES string of the molecule is Fc1cc(Br)c(F)c(Br)c1-c1ccco1. The van der Waals surface area contributed by atoms with E-state index in [0.717, 1.165) is 6.07 Å². The van der Waals surface area contributed by atoms with E-state index in [1.54, 1.807) is 12.1 Å². The van der Waals surface area contributed by atoms with Gasteiger partial charge in [0.05, 0.1) is 20.8 Å². The Labute approximate surface area is 101 Å². The van der Waals surface area contributed by atoms with E-state index < -0.39 is 11.6 Å². The van der Waals surface area contributed by atoms with Gasteiger partial charge in [0.15, 0.2) is 5.82 Å². The Kier molecular flexibility index (Phi) is 2.93. The van der Waals surface area contributed by atoms with Crippen molar-refractivity contribution < 1.29 is 13.2 Å². The molecule has 2 rings (SSSR count). The Balaban J connectivity index is 2.72. The van der Waals surface area contributed by atoms with Gasteiger partial charge in [-0.2, -0.15) is 0 Å². The molecule has 0 amide bonds. The van der Waals surface area contributed by atoms with Gasteiger partial charge in [-0.15, -0.1) is 0 Å². The molecular formula is C10H4Br2F2O. The second kappa shape index (κ2) is 4.06. The molecule has 2 aromatic rings. The summed E-state index contributed by atoms with van der Waals surface area (Å²) in [6.07, 6.45) is 1.40. The zero-order valence-corrected chi connectivity index (χ0v) is 10.4. The maximum atomic E-state index is 13.6. The van der Waals surface area contributed by atoms with Crippen LogP contribution in [0.5, 0.6) is 0 Å². The van der Waals surface area contributed by atoms with Crippen molar-refractivity contribution in [3.8, 4) is 11.3 Å². The summed E-state index contributed by atoms with van der Waals surface area (Å²) in [6, 6.07) is 4.25. The molecule has 0 saturated heterocycles. The van der Waals surface area contributed by atoms with E-state index in [1.807, 2.05) is 0 Å². The van der Waals surface area contributed by atoms with E-state index in [-0.39, 0.29) is 20.3 Å². The molecule has 0 fully saturated rings. The summed E-state index contributed by atoms with van der Waals surface area (Å²) >= 11 is 5.92. The monoisotopic (exact) mass is 336 g/mol. The molecule has 78 valence electrons. The van der Waals surface area contributed by atoms with Gasteiger partial charge < -0.3 is 4.42 Å². The van der Waals surface area contributed by atoms with Gasteiger partial charge in [-0.05, 0) is 50.1 Å². The molecule has 1 heterocycles. The highest BCUT2D eigenvalue weighted by molar-refractivity contribution is 9.11. The van der Waals surface area contributed by atoms with Crippen LogP contribution in [-0.4, -0.2) is 0 Å². The van der Waals surface area contributed by atoms with E-state index in [0.29, 0.717) is 0 Å². The van der Waals surface area contributed by atoms with E-state index in [2.05, 4.69) is 31.9 Å². The van der Waals surface area contributed by atoms with Gasteiger partial charge in [-0.25, -0.2) is 8.78 Å². The molecule has 0 atom stereocenters. The minimum Gasteiger partial charge on any atom is -0.464 e. The maximum absolute atomic E-state index is 13.6. The van der Waals surface area contributed by atoms with E-state index in [1.165, 1.54) is 6.26 Å². The van der Waals surface area contributed by atoms with Gasteiger partial charge in [0.25, 0.3) is 0 Å². The summed E-state index contributed by atoms with van der Waals surface area (Å²) in [4.78, 5) is 0. The number of rotatable bonds is 1. The lowest BCUT2D eigenvalue weighted by Crippen LogP contribution is -1.90. The summed E-state index contributed by atoms with van der Waals surface area (Å²) in [5, 5.41) is 0. The highest BCUT2D eigenvalue weighted by Gasteiger charge is 2.18. The van der Waals surface area contributed by atoms with Crippen molar-refractivity contribution in [2.24, 2.45) is 0 Å². The first-order valence-corrected chi connectivity index (χ1v) is 5.56. The number of halogens is 4. The molecule has 0 unspecified atom stereocenters. The fourth-order valence-electron chi connectivity index (χ4n) is 1.21. The Morgan fingerprint density at radius 2 is 1.93 bits per heavy atom. The number of furan rings is 1. The van der Waals surface area contributed by atoms with Crippen LogP contribution in [0.15, 0.2) is 37.8 Å². The highest BCUT2D eigenvalue weighted by atomic mass is 79.9. The molecule has 5 heteroatoms. The molecule has 0 bridgehead atoms. The number of benzene rings is 1. The summed E-state index contributed by atoms with van der Waals surface area (Å²) in [7, 11) is 0. The van der Waals surface area contributed by atoms with Crippen LogP contribution in [0.3, 0.4) is 0 Å². The Morgan fingerprint density at radius 1 is 1.20 bits per heavy atom. The largest absolute Gasteiger partial charge is 0.464 e. The quantitative estimate of drug-likeness (QED) is 0.540. The van der Waals surface area contributed by atoms with E-state index in [9.17, 15) is 8.78 Å². The smallest absolute Gasteiger partial charge is 0.152 e. The van der Waals surface area contributed by atoms with Crippen LogP contribution in [0.25, 0.3) is 11.3 Å².